The molecule has 1 atom stereocenters. The third-order valence-electron chi connectivity index (χ3n) is 3.11. The lowest BCUT2D eigenvalue weighted by atomic mass is 10.1. The quantitative estimate of drug-likeness (QED) is 0.647. The molecule has 1 aromatic heterocycles. The Labute approximate surface area is 117 Å². The van der Waals surface area contributed by atoms with Crippen molar-refractivity contribution in [3.63, 3.8) is 0 Å². The number of nitro groups is 1. The summed E-state index contributed by atoms with van der Waals surface area (Å²) in [7, 11) is 0. The number of hydrogen-bond acceptors (Lipinski definition) is 5. The summed E-state index contributed by atoms with van der Waals surface area (Å²) in [5.74, 6) is 1.42. The van der Waals surface area contributed by atoms with Crippen LogP contribution in [0.1, 0.15) is 37.1 Å². The number of rotatable bonds is 6. The van der Waals surface area contributed by atoms with E-state index in [1.165, 1.54) is 6.07 Å². The summed E-state index contributed by atoms with van der Waals surface area (Å²) >= 11 is 0. The first-order valence-corrected chi connectivity index (χ1v) is 6.52. The zero-order valence-electron chi connectivity index (χ0n) is 11.5. The van der Waals surface area contributed by atoms with E-state index in [9.17, 15) is 10.1 Å². The molecule has 0 aliphatic rings. The maximum absolute atomic E-state index is 11.0. The number of aromatic nitrogens is 1. The molecule has 0 saturated heterocycles. The van der Waals surface area contributed by atoms with Gasteiger partial charge in [-0.05, 0) is 6.92 Å². The zero-order valence-corrected chi connectivity index (χ0v) is 11.5. The van der Waals surface area contributed by atoms with E-state index < -0.39 is 0 Å². The lowest BCUT2D eigenvalue weighted by Crippen LogP contribution is -2.19. The van der Waals surface area contributed by atoms with Gasteiger partial charge in [0.1, 0.15) is 5.76 Å². The molecule has 0 spiro atoms. The summed E-state index contributed by atoms with van der Waals surface area (Å²) in [6.07, 6.45) is 2.50. The fourth-order valence-electron chi connectivity index (χ4n) is 1.96. The third-order valence-corrected chi connectivity index (χ3v) is 3.11. The van der Waals surface area contributed by atoms with Crippen molar-refractivity contribution in [3.8, 4) is 0 Å². The van der Waals surface area contributed by atoms with Crippen LogP contribution in [0.2, 0.25) is 0 Å². The van der Waals surface area contributed by atoms with Crippen molar-refractivity contribution in [2.24, 2.45) is 0 Å². The van der Waals surface area contributed by atoms with Gasteiger partial charge in [0.15, 0.2) is 0 Å². The summed E-state index contributed by atoms with van der Waals surface area (Å²) in [6.45, 7) is 4.31. The summed E-state index contributed by atoms with van der Waals surface area (Å²) < 4.78 is 5.49. The summed E-state index contributed by atoms with van der Waals surface area (Å²) in [5, 5.41) is 14.2. The smallest absolute Gasteiger partial charge is 0.274 e. The Bertz CT molecular complexity index is 595. The standard InChI is InChI=1S/C14H17N3O3/c1-3-11-8-16-14(20-11)9-15-10(2)12-6-4-5-7-13(12)17(18)19/h4-8,10,15H,3,9H2,1-2H3. The van der Waals surface area contributed by atoms with Gasteiger partial charge in [0.05, 0.1) is 17.7 Å². The van der Waals surface area contributed by atoms with Crippen LogP contribution in [0.4, 0.5) is 5.69 Å². The fraction of sp³-hybridized carbons (Fsp3) is 0.357. The largest absolute Gasteiger partial charge is 0.444 e. The SMILES string of the molecule is CCc1cnc(CNC(C)c2ccccc2[N+](=O)[O-])o1. The van der Waals surface area contributed by atoms with Crippen LogP contribution >= 0.6 is 0 Å². The number of aryl methyl sites for hydroxylation is 1. The molecule has 1 N–H and O–H groups in total. The van der Waals surface area contributed by atoms with Crippen LogP contribution in [-0.2, 0) is 13.0 Å². The van der Waals surface area contributed by atoms with Crippen molar-refractivity contribution in [3.05, 3.63) is 57.8 Å². The molecule has 0 amide bonds. The van der Waals surface area contributed by atoms with Crippen LogP contribution in [0, 0.1) is 10.1 Å². The Morgan fingerprint density at radius 1 is 1.45 bits per heavy atom. The van der Waals surface area contributed by atoms with Crippen LogP contribution in [0.5, 0.6) is 0 Å². The van der Waals surface area contributed by atoms with Crippen molar-refractivity contribution in [2.45, 2.75) is 32.9 Å². The Morgan fingerprint density at radius 2 is 2.20 bits per heavy atom. The lowest BCUT2D eigenvalue weighted by molar-refractivity contribution is -0.385. The Hall–Kier alpha value is -2.21. The summed E-state index contributed by atoms with van der Waals surface area (Å²) in [4.78, 5) is 14.8. The first-order valence-electron chi connectivity index (χ1n) is 6.52. The van der Waals surface area contributed by atoms with E-state index in [1.807, 2.05) is 13.8 Å². The molecule has 1 unspecified atom stereocenters. The van der Waals surface area contributed by atoms with E-state index in [4.69, 9.17) is 4.42 Å². The molecule has 6 heteroatoms. The second-order valence-corrected chi connectivity index (χ2v) is 4.49. The molecule has 0 fully saturated rings. The molecule has 0 bridgehead atoms. The van der Waals surface area contributed by atoms with E-state index >= 15 is 0 Å². The lowest BCUT2D eigenvalue weighted by Gasteiger charge is -2.12. The normalized spacial score (nSPS) is 12.3. The van der Waals surface area contributed by atoms with Crippen molar-refractivity contribution in [2.75, 3.05) is 0 Å². The number of nitrogens with one attached hydrogen (secondary N) is 1. The average molecular weight is 275 g/mol. The minimum absolute atomic E-state index is 0.120. The van der Waals surface area contributed by atoms with E-state index in [0.29, 0.717) is 18.0 Å². The molecule has 0 radical (unpaired) electrons. The summed E-state index contributed by atoms with van der Waals surface area (Å²) in [6, 6.07) is 6.56. The zero-order chi connectivity index (χ0) is 14.5. The van der Waals surface area contributed by atoms with Crippen LogP contribution in [0.15, 0.2) is 34.9 Å². The van der Waals surface area contributed by atoms with Gasteiger partial charge in [-0.2, -0.15) is 0 Å². The van der Waals surface area contributed by atoms with Gasteiger partial charge in [-0.25, -0.2) is 4.98 Å². The van der Waals surface area contributed by atoms with Crippen LogP contribution < -0.4 is 5.32 Å². The molecule has 0 aliphatic carbocycles. The minimum atomic E-state index is -0.367. The van der Waals surface area contributed by atoms with Gasteiger partial charge in [-0.1, -0.05) is 25.1 Å². The van der Waals surface area contributed by atoms with Gasteiger partial charge in [0.25, 0.3) is 5.69 Å². The van der Waals surface area contributed by atoms with Crippen molar-refractivity contribution >= 4 is 5.69 Å². The average Bonchev–Trinajstić information content (AvgIpc) is 2.92. The molecule has 2 rings (SSSR count). The van der Waals surface area contributed by atoms with Gasteiger partial charge < -0.3 is 9.73 Å². The minimum Gasteiger partial charge on any atom is -0.444 e. The van der Waals surface area contributed by atoms with Crippen molar-refractivity contribution in [1.29, 1.82) is 0 Å². The highest BCUT2D eigenvalue weighted by atomic mass is 16.6. The van der Waals surface area contributed by atoms with Gasteiger partial charge in [-0.15, -0.1) is 0 Å². The van der Waals surface area contributed by atoms with Crippen molar-refractivity contribution in [1.82, 2.24) is 10.3 Å². The van der Waals surface area contributed by atoms with E-state index in [1.54, 1.807) is 24.4 Å². The van der Waals surface area contributed by atoms with Crippen LogP contribution in [0.25, 0.3) is 0 Å². The van der Waals surface area contributed by atoms with Crippen LogP contribution in [-0.4, -0.2) is 9.91 Å². The number of oxazole rings is 1. The highest BCUT2D eigenvalue weighted by Crippen LogP contribution is 2.24. The molecule has 0 aliphatic heterocycles. The topological polar surface area (TPSA) is 81.2 Å². The molecule has 6 nitrogen and oxygen atoms in total. The predicted octanol–water partition coefficient (Wildman–Crippen LogP) is 3.00. The molecule has 1 aromatic carbocycles. The number of nitrogens with zero attached hydrogens (tertiary/aromatic N) is 2. The molecule has 0 saturated carbocycles. The Kier molecular flexibility index (Phi) is 4.47. The number of hydrogen-bond donors (Lipinski definition) is 1. The number of nitro benzene ring substituents is 1. The monoisotopic (exact) mass is 275 g/mol. The number of benzene rings is 1. The van der Waals surface area contributed by atoms with E-state index in [2.05, 4.69) is 10.3 Å². The van der Waals surface area contributed by atoms with E-state index in [0.717, 1.165) is 12.2 Å². The molecule has 1 heterocycles. The molecule has 106 valence electrons. The second-order valence-electron chi connectivity index (χ2n) is 4.49. The molecular weight excluding hydrogens is 258 g/mol. The van der Waals surface area contributed by atoms with Crippen molar-refractivity contribution < 1.29 is 9.34 Å². The van der Waals surface area contributed by atoms with Crippen LogP contribution in [0.3, 0.4) is 0 Å². The Morgan fingerprint density at radius 3 is 2.85 bits per heavy atom. The molecular formula is C14H17N3O3. The first-order chi connectivity index (χ1) is 9.61. The molecule has 2 aromatic rings. The Balaban J connectivity index is 2.05. The number of para-hydroxylation sites is 1. The predicted molar refractivity (Wildman–Crippen MR) is 74.2 cm³/mol. The van der Waals surface area contributed by atoms with Gasteiger partial charge in [0, 0.05) is 24.1 Å². The van der Waals surface area contributed by atoms with Gasteiger partial charge >= 0.3 is 0 Å². The third kappa shape index (κ3) is 3.21. The highest BCUT2D eigenvalue weighted by Gasteiger charge is 2.18. The maximum Gasteiger partial charge on any atom is 0.274 e. The summed E-state index contributed by atoms with van der Waals surface area (Å²) in [5.41, 5.74) is 0.772. The maximum atomic E-state index is 11.0. The van der Waals surface area contributed by atoms with Gasteiger partial charge in [0.2, 0.25) is 5.89 Å². The van der Waals surface area contributed by atoms with E-state index in [-0.39, 0.29) is 16.7 Å². The molecule has 20 heavy (non-hydrogen) atoms. The van der Waals surface area contributed by atoms with Gasteiger partial charge in [-0.3, -0.25) is 10.1 Å². The highest BCUT2D eigenvalue weighted by molar-refractivity contribution is 5.41. The first kappa shape index (κ1) is 14.2. The fourth-order valence-corrected chi connectivity index (χ4v) is 1.96. The second kappa shape index (κ2) is 6.29.